The maximum Gasteiger partial charge on any atom is 0.222 e. The van der Waals surface area contributed by atoms with Crippen molar-refractivity contribution in [1.29, 1.82) is 0 Å². The third-order valence-corrected chi connectivity index (χ3v) is 5.17. The van der Waals surface area contributed by atoms with E-state index in [9.17, 15) is 9.59 Å². The molecule has 0 bridgehead atoms. The zero-order valence-corrected chi connectivity index (χ0v) is 13.8. The van der Waals surface area contributed by atoms with E-state index < -0.39 is 0 Å². The third-order valence-electron chi connectivity index (χ3n) is 5.17. The number of nitrogens with one attached hydrogen (secondary N) is 3. The van der Waals surface area contributed by atoms with Crippen molar-refractivity contribution in [2.45, 2.75) is 57.5 Å². The van der Waals surface area contributed by atoms with Gasteiger partial charge in [0.25, 0.3) is 0 Å². The average molecular weight is 325 g/mol. The summed E-state index contributed by atoms with van der Waals surface area (Å²) in [5.74, 6) is 0.0499. The monoisotopic (exact) mass is 325 g/mol. The van der Waals surface area contributed by atoms with Crippen molar-refractivity contribution in [3.63, 3.8) is 0 Å². The molecule has 5 heteroatoms. The van der Waals surface area contributed by atoms with Gasteiger partial charge in [0.15, 0.2) is 0 Å². The molecule has 2 aromatic rings. The molecule has 1 saturated heterocycles. The molecular weight excluding hydrogens is 302 g/mol. The summed E-state index contributed by atoms with van der Waals surface area (Å²) in [7, 11) is 0. The van der Waals surface area contributed by atoms with E-state index in [1.807, 2.05) is 0 Å². The Morgan fingerprint density at radius 3 is 2.92 bits per heavy atom. The van der Waals surface area contributed by atoms with Gasteiger partial charge in [0.1, 0.15) is 0 Å². The Morgan fingerprint density at radius 2 is 2.08 bits per heavy atom. The number of rotatable bonds is 4. The molecule has 3 N–H and O–H groups in total. The third kappa shape index (κ3) is 3.03. The van der Waals surface area contributed by atoms with Gasteiger partial charge in [-0.1, -0.05) is 6.07 Å². The number of amides is 2. The van der Waals surface area contributed by atoms with Gasteiger partial charge in [0, 0.05) is 42.0 Å². The van der Waals surface area contributed by atoms with Crippen LogP contribution in [0.3, 0.4) is 0 Å². The van der Waals surface area contributed by atoms with Crippen LogP contribution in [-0.2, 0) is 29.0 Å². The molecule has 1 fully saturated rings. The second kappa shape index (κ2) is 6.30. The summed E-state index contributed by atoms with van der Waals surface area (Å²) in [5, 5.41) is 7.12. The lowest BCUT2D eigenvalue weighted by atomic mass is 9.95. The van der Waals surface area contributed by atoms with Gasteiger partial charge in [-0.15, -0.1) is 0 Å². The molecule has 0 saturated carbocycles. The van der Waals surface area contributed by atoms with Crippen LogP contribution in [0.1, 0.15) is 48.9 Å². The van der Waals surface area contributed by atoms with Crippen LogP contribution in [0.25, 0.3) is 10.9 Å². The van der Waals surface area contributed by atoms with Crippen LogP contribution in [0.15, 0.2) is 18.2 Å². The Bertz CT molecular complexity index is 793. The minimum absolute atomic E-state index is 0.00149. The number of carbonyl (C=O) groups is 2. The first-order valence-electron chi connectivity index (χ1n) is 8.87. The molecule has 4 rings (SSSR count). The molecule has 0 spiro atoms. The lowest BCUT2D eigenvalue weighted by Crippen LogP contribution is -2.33. The highest BCUT2D eigenvalue weighted by Gasteiger charge is 2.23. The van der Waals surface area contributed by atoms with E-state index >= 15 is 0 Å². The Morgan fingerprint density at radius 1 is 1.21 bits per heavy atom. The molecule has 1 atom stereocenters. The predicted octanol–water partition coefficient (Wildman–Crippen LogP) is 2.33. The molecule has 0 radical (unpaired) electrons. The van der Waals surface area contributed by atoms with E-state index in [-0.39, 0.29) is 17.9 Å². The van der Waals surface area contributed by atoms with Crippen molar-refractivity contribution in [1.82, 2.24) is 15.6 Å². The standard InChI is InChI=1S/C19H23N3O2/c23-18-8-6-13(21-18)10-19(24)20-11-12-5-7-17-15(9-12)14-3-1-2-4-16(14)22-17/h5,7,9,13,22H,1-4,6,8,10-11H2,(H,20,24)(H,21,23). The number of benzene rings is 1. The number of carbonyl (C=O) groups excluding carboxylic acids is 2. The predicted molar refractivity (Wildman–Crippen MR) is 92.6 cm³/mol. The molecule has 2 aliphatic rings. The molecule has 1 aliphatic carbocycles. The van der Waals surface area contributed by atoms with Crippen molar-refractivity contribution in [2.24, 2.45) is 0 Å². The van der Waals surface area contributed by atoms with Gasteiger partial charge in [-0.3, -0.25) is 9.59 Å². The van der Waals surface area contributed by atoms with Gasteiger partial charge in [0.2, 0.25) is 11.8 Å². The molecule has 1 aliphatic heterocycles. The Labute approximate surface area is 141 Å². The highest BCUT2D eigenvalue weighted by Crippen LogP contribution is 2.29. The first kappa shape index (κ1) is 15.2. The number of H-pyrrole nitrogens is 1. The zero-order chi connectivity index (χ0) is 16.5. The highest BCUT2D eigenvalue weighted by molar-refractivity contribution is 5.86. The van der Waals surface area contributed by atoms with E-state index in [1.54, 1.807) is 0 Å². The van der Waals surface area contributed by atoms with Crippen molar-refractivity contribution in [3.8, 4) is 0 Å². The van der Waals surface area contributed by atoms with E-state index in [4.69, 9.17) is 0 Å². The summed E-state index contributed by atoms with van der Waals surface area (Å²) in [6.07, 6.45) is 6.47. The van der Waals surface area contributed by atoms with E-state index in [0.29, 0.717) is 19.4 Å². The van der Waals surface area contributed by atoms with Crippen LogP contribution < -0.4 is 10.6 Å². The van der Waals surface area contributed by atoms with Crippen LogP contribution in [0.5, 0.6) is 0 Å². The zero-order valence-electron chi connectivity index (χ0n) is 13.8. The van der Waals surface area contributed by atoms with Crippen LogP contribution in [0.4, 0.5) is 0 Å². The minimum atomic E-state index is -0.00308. The van der Waals surface area contributed by atoms with E-state index in [2.05, 4.69) is 33.8 Å². The summed E-state index contributed by atoms with van der Waals surface area (Å²) in [6.45, 7) is 0.537. The molecular formula is C19H23N3O2. The fourth-order valence-electron chi connectivity index (χ4n) is 3.89. The molecule has 1 aromatic carbocycles. The van der Waals surface area contributed by atoms with Gasteiger partial charge in [-0.2, -0.15) is 0 Å². The maximum absolute atomic E-state index is 12.1. The lowest BCUT2D eigenvalue weighted by Gasteiger charge is -2.11. The maximum atomic E-state index is 12.1. The minimum Gasteiger partial charge on any atom is -0.358 e. The van der Waals surface area contributed by atoms with Crippen LogP contribution in [0.2, 0.25) is 0 Å². The molecule has 2 amide bonds. The summed E-state index contributed by atoms with van der Waals surface area (Å²) in [4.78, 5) is 26.8. The molecule has 1 unspecified atom stereocenters. The second-order valence-electron chi connectivity index (χ2n) is 6.95. The van der Waals surface area contributed by atoms with Crippen LogP contribution in [-0.4, -0.2) is 22.8 Å². The quantitative estimate of drug-likeness (QED) is 0.807. The topological polar surface area (TPSA) is 74.0 Å². The van der Waals surface area contributed by atoms with Gasteiger partial charge in [-0.05, 0) is 55.4 Å². The number of hydrogen-bond acceptors (Lipinski definition) is 2. The number of fused-ring (bicyclic) bond motifs is 3. The molecule has 24 heavy (non-hydrogen) atoms. The summed E-state index contributed by atoms with van der Waals surface area (Å²) < 4.78 is 0. The first-order chi connectivity index (χ1) is 11.7. The summed E-state index contributed by atoms with van der Waals surface area (Å²) in [6, 6.07) is 6.39. The summed E-state index contributed by atoms with van der Waals surface area (Å²) >= 11 is 0. The second-order valence-corrected chi connectivity index (χ2v) is 6.95. The fourth-order valence-corrected chi connectivity index (χ4v) is 3.89. The number of aromatic nitrogens is 1. The van der Waals surface area contributed by atoms with Crippen molar-refractivity contribution in [3.05, 3.63) is 35.0 Å². The van der Waals surface area contributed by atoms with Gasteiger partial charge >= 0.3 is 0 Å². The molecule has 126 valence electrons. The lowest BCUT2D eigenvalue weighted by molar-refractivity contribution is -0.121. The largest absolute Gasteiger partial charge is 0.358 e. The number of hydrogen-bond donors (Lipinski definition) is 3. The van der Waals surface area contributed by atoms with Gasteiger partial charge in [-0.25, -0.2) is 0 Å². The Hall–Kier alpha value is -2.30. The van der Waals surface area contributed by atoms with Crippen molar-refractivity contribution < 1.29 is 9.59 Å². The van der Waals surface area contributed by atoms with E-state index in [0.717, 1.165) is 24.8 Å². The van der Waals surface area contributed by atoms with Crippen molar-refractivity contribution in [2.75, 3.05) is 0 Å². The molecule has 2 heterocycles. The number of aromatic amines is 1. The molecule has 5 nitrogen and oxygen atoms in total. The van der Waals surface area contributed by atoms with Crippen LogP contribution >= 0.6 is 0 Å². The van der Waals surface area contributed by atoms with Crippen LogP contribution in [0, 0.1) is 0 Å². The normalized spacial score (nSPS) is 20.0. The smallest absolute Gasteiger partial charge is 0.222 e. The highest BCUT2D eigenvalue weighted by atomic mass is 16.2. The molecule has 1 aromatic heterocycles. The average Bonchev–Trinajstić information content (AvgIpc) is 3.16. The van der Waals surface area contributed by atoms with Gasteiger partial charge in [0.05, 0.1) is 0 Å². The Kier molecular flexibility index (Phi) is 4.00. The fraction of sp³-hybridized carbons (Fsp3) is 0.474. The number of aryl methyl sites for hydroxylation is 2. The van der Waals surface area contributed by atoms with Crippen molar-refractivity contribution >= 4 is 22.7 Å². The van der Waals surface area contributed by atoms with E-state index in [1.165, 1.54) is 35.0 Å². The Balaban J connectivity index is 1.41. The SMILES string of the molecule is O=C(CC1CCC(=O)N1)NCc1ccc2[nH]c3c(c2c1)CCCC3. The first-order valence-corrected chi connectivity index (χ1v) is 8.87. The summed E-state index contributed by atoms with van der Waals surface area (Å²) in [5.41, 5.74) is 5.16. The van der Waals surface area contributed by atoms with Gasteiger partial charge < -0.3 is 15.6 Å².